The molecule has 152 valence electrons. The molecule has 1 heterocycles. The largest absolute Gasteiger partial charge is 0.496 e. The van der Waals surface area contributed by atoms with Crippen LogP contribution in [0.5, 0.6) is 5.75 Å². The second kappa shape index (κ2) is 8.20. The van der Waals surface area contributed by atoms with Gasteiger partial charge >= 0.3 is 6.09 Å². The van der Waals surface area contributed by atoms with E-state index in [1.165, 1.54) is 13.5 Å². The van der Waals surface area contributed by atoms with Crippen LogP contribution in [0.4, 0.5) is 4.79 Å². The third-order valence-electron chi connectivity index (χ3n) is 4.97. The van der Waals surface area contributed by atoms with E-state index in [4.69, 9.17) is 9.47 Å². The SMILES string of the molecule is COc1cc2nc(CN(C(=O)OC(C)(C)C)C3CCCCC3)[nH]c2cc1C=O. The Morgan fingerprint density at radius 3 is 2.61 bits per heavy atom. The topological polar surface area (TPSA) is 84.5 Å². The van der Waals surface area contributed by atoms with Crippen LogP contribution in [0, 0.1) is 0 Å². The minimum Gasteiger partial charge on any atom is -0.496 e. The Hall–Kier alpha value is -2.57. The van der Waals surface area contributed by atoms with Gasteiger partial charge in [0.15, 0.2) is 6.29 Å². The highest BCUT2D eigenvalue weighted by atomic mass is 16.6. The van der Waals surface area contributed by atoms with Crippen molar-refractivity contribution >= 4 is 23.4 Å². The zero-order valence-corrected chi connectivity index (χ0v) is 17.1. The van der Waals surface area contributed by atoms with Crippen LogP contribution in [-0.2, 0) is 11.3 Å². The number of ether oxygens (including phenoxy) is 2. The van der Waals surface area contributed by atoms with Crippen molar-refractivity contribution < 1.29 is 19.1 Å². The Balaban J connectivity index is 1.88. The summed E-state index contributed by atoms with van der Waals surface area (Å²) in [4.78, 5) is 33.8. The predicted octanol–water partition coefficient (Wildman–Crippen LogP) is 4.45. The predicted molar refractivity (Wildman–Crippen MR) is 107 cm³/mol. The van der Waals surface area contributed by atoms with E-state index in [2.05, 4.69) is 9.97 Å². The summed E-state index contributed by atoms with van der Waals surface area (Å²) in [5, 5.41) is 0. The van der Waals surface area contributed by atoms with Crippen molar-refractivity contribution in [1.82, 2.24) is 14.9 Å². The third kappa shape index (κ3) is 4.64. The number of H-pyrrole nitrogens is 1. The van der Waals surface area contributed by atoms with Crippen LogP contribution in [0.15, 0.2) is 12.1 Å². The standard InChI is InChI=1S/C21H29N3O4/c1-21(2,3)28-20(26)24(15-8-6-5-7-9-15)12-19-22-16-10-14(13-25)18(27-4)11-17(16)23-19/h10-11,13,15H,5-9,12H2,1-4H3,(H,22,23). The van der Waals surface area contributed by atoms with Gasteiger partial charge in [-0.15, -0.1) is 0 Å². The lowest BCUT2D eigenvalue weighted by atomic mass is 9.94. The second-order valence-electron chi connectivity index (χ2n) is 8.31. The summed E-state index contributed by atoms with van der Waals surface area (Å²) < 4.78 is 10.9. The quantitative estimate of drug-likeness (QED) is 0.766. The van der Waals surface area contributed by atoms with E-state index >= 15 is 0 Å². The molecule has 7 nitrogen and oxygen atoms in total. The maximum atomic E-state index is 12.9. The maximum Gasteiger partial charge on any atom is 0.410 e. The number of imidazole rings is 1. The zero-order chi connectivity index (χ0) is 20.3. The van der Waals surface area contributed by atoms with Crippen molar-refractivity contribution in [3.63, 3.8) is 0 Å². The molecule has 7 heteroatoms. The number of methoxy groups -OCH3 is 1. The number of carbonyl (C=O) groups is 2. The van der Waals surface area contributed by atoms with Gasteiger partial charge in [-0.05, 0) is 39.7 Å². The van der Waals surface area contributed by atoms with Crippen LogP contribution in [0.3, 0.4) is 0 Å². The van der Waals surface area contributed by atoms with Crippen molar-refractivity contribution in [3.05, 3.63) is 23.5 Å². The van der Waals surface area contributed by atoms with Gasteiger partial charge in [-0.1, -0.05) is 19.3 Å². The number of hydrogen-bond donors (Lipinski definition) is 1. The number of aromatic amines is 1. The monoisotopic (exact) mass is 387 g/mol. The first kappa shape index (κ1) is 20.2. The molecule has 0 aliphatic heterocycles. The fraction of sp³-hybridized carbons (Fsp3) is 0.571. The summed E-state index contributed by atoms with van der Waals surface area (Å²) in [6.07, 6.45) is 5.83. The van der Waals surface area contributed by atoms with Crippen molar-refractivity contribution in [1.29, 1.82) is 0 Å². The number of benzene rings is 1. The molecular formula is C21H29N3O4. The summed E-state index contributed by atoms with van der Waals surface area (Å²) >= 11 is 0. The van der Waals surface area contributed by atoms with E-state index in [9.17, 15) is 9.59 Å². The normalized spacial score (nSPS) is 15.4. The van der Waals surface area contributed by atoms with Crippen LogP contribution in [-0.4, -0.2) is 46.0 Å². The minimum absolute atomic E-state index is 0.150. The fourth-order valence-electron chi connectivity index (χ4n) is 3.67. The number of nitrogens with zero attached hydrogens (tertiary/aromatic N) is 2. The highest BCUT2D eigenvalue weighted by Gasteiger charge is 2.30. The van der Waals surface area contributed by atoms with E-state index in [-0.39, 0.29) is 12.1 Å². The Kier molecular flexibility index (Phi) is 5.91. The molecule has 1 N–H and O–H groups in total. The Morgan fingerprint density at radius 1 is 1.29 bits per heavy atom. The second-order valence-corrected chi connectivity index (χ2v) is 8.31. The van der Waals surface area contributed by atoms with E-state index < -0.39 is 5.60 Å². The molecule has 0 unspecified atom stereocenters. The number of aromatic nitrogens is 2. The first-order valence-electron chi connectivity index (χ1n) is 9.82. The summed E-state index contributed by atoms with van der Waals surface area (Å²) in [5.74, 6) is 1.15. The molecule has 1 saturated carbocycles. The molecule has 0 saturated heterocycles. The molecule has 28 heavy (non-hydrogen) atoms. The molecule has 3 rings (SSSR count). The van der Waals surface area contributed by atoms with Crippen LogP contribution in [0.25, 0.3) is 11.0 Å². The lowest BCUT2D eigenvalue weighted by Crippen LogP contribution is -2.44. The van der Waals surface area contributed by atoms with Crippen molar-refractivity contribution in [3.8, 4) is 5.75 Å². The summed E-state index contributed by atoms with van der Waals surface area (Å²) in [6, 6.07) is 3.60. The smallest absolute Gasteiger partial charge is 0.410 e. The molecule has 1 aliphatic rings. The molecule has 2 aromatic rings. The Morgan fingerprint density at radius 2 is 2.00 bits per heavy atom. The van der Waals surface area contributed by atoms with Gasteiger partial charge in [0, 0.05) is 12.1 Å². The third-order valence-corrected chi connectivity index (χ3v) is 4.97. The van der Waals surface area contributed by atoms with Crippen molar-refractivity contribution in [2.24, 2.45) is 0 Å². The van der Waals surface area contributed by atoms with Gasteiger partial charge in [-0.3, -0.25) is 9.69 Å². The van der Waals surface area contributed by atoms with Crippen LogP contribution in [0.1, 0.15) is 69.1 Å². The Labute approximate surface area is 165 Å². The highest BCUT2D eigenvalue weighted by molar-refractivity contribution is 5.88. The first-order chi connectivity index (χ1) is 13.3. The van der Waals surface area contributed by atoms with Gasteiger partial charge in [0.2, 0.25) is 0 Å². The van der Waals surface area contributed by atoms with Gasteiger partial charge < -0.3 is 14.5 Å². The average molecular weight is 387 g/mol. The highest BCUT2D eigenvalue weighted by Crippen LogP contribution is 2.27. The number of carbonyl (C=O) groups excluding carboxylic acids is 2. The van der Waals surface area contributed by atoms with E-state index in [0.717, 1.165) is 37.5 Å². The van der Waals surface area contributed by atoms with Gasteiger partial charge in [-0.25, -0.2) is 9.78 Å². The van der Waals surface area contributed by atoms with Crippen molar-refractivity contribution in [2.75, 3.05) is 7.11 Å². The zero-order valence-electron chi connectivity index (χ0n) is 17.1. The lowest BCUT2D eigenvalue weighted by molar-refractivity contribution is 0.00930. The number of amides is 1. The number of nitrogens with one attached hydrogen (secondary N) is 1. The number of hydrogen-bond acceptors (Lipinski definition) is 5. The first-order valence-corrected chi connectivity index (χ1v) is 9.82. The number of aldehydes is 1. The molecular weight excluding hydrogens is 358 g/mol. The number of fused-ring (bicyclic) bond motifs is 1. The number of rotatable bonds is 5. The van der Waals surface area contributed by atoms with Gasteiger partial charge in [0.05, 0.1) is 30.3 Å². The molecule has 1 aromatic heterocycles. The Bertz CT molecular complexity index is 847. The van der Waals surface area contributed by atoms with Crippen LogP contribution in [0.2, 0.25) is 0 Å². The summed E-state index contributed by atoms with van der Waals surface area (Å²) in [5.41, 5.74) is 1.35. The van der Waals surface area contributed by atoms with E-state index in [0.29, 0.717) is 29.2 Å². The summed E-state index contributed by atoms with van der Waals surface area (Å²) in [7, 11) is 1.52. The fourth-order valence-corrected chi connectivity index (χ4v) is 3.67. The molecule has 1 aliphatic carbocycles. The molecule has 1 fully saturated rings. The van der Waals surface area contributed by atoms with Gasteiger partial charge in [0.1, 0.15) is 17.2 Å². The van der Waals surface area contributed by atoms with Crippen molar-refractivity contribution in [2.45, 2.75) is 71.1 Å². The van der Waals surface area contributed by atoms with E-state index in [1.54, 1.807) is 17.0 Å². The van der Waals surface area contributed by atoms with Gasteiger partial charge in [-0.2, -0.15) is 0 Å². The van der Waals surface area contributed by atoms with E-state index in [1.807, 2.05) is 20.8 Å². The molecule has 0 bridgehead atoms. The van der Waals surface area contributed by atoms with Crippen LogP contribution >= 0.6 is 0 Å². The molecule has 0 radical (unpaired) electrons. The molecule has 0 atom stereocenters. The average Bonchev–Trinajstić information content (AvgIpc) is 3.05. The lowest BCUT2D eigenvalue weighted by Gasteiger charge is -2.35. The maximum absolute atomic E-state index is 12.9. The summed E-state index contributed by atoms with van der Waals surface area (Å²) in [6.45, 7) is 5.96. The van der Waals surface area contributed by atoms with Crippen LogP contribution < -0.4 is 4.74 Å². The molecule has 0 spiro atoms. The molecule has 1 aromatic carbocycles. The van der Waals surface area contributed by atoms with Gasteiger partial charge in [0.25, 0.3) is 0 Å². The molecule has 1 amide bonds. The minimum atomic E-state index is -0.551.